The maximum atomic E-state index is 11.9. The van der Waals surface area contributed by atoms with Crippen LogP contribution in [-0.2, 0) is 11.2 Å². The number of rotatable bonds is 10. The topological polar surface area (TPSA) is 45.5 Å². The van der Waals surface area contributed by atoms with Crippen LogP contribution in [0, 0.1) is 12.3 Å². The molecule has 0 bridgehead atoms. The largest absolute Gasteiger partial charge is 0.461 e. The number of aryl methyl sites for hydroxylation is 1. The van der Waals surface area contributed by atoms with Crippen LogP contribution in [0.2, 0.25) is 5.02 Å². The number of carbonyl (C=O) groups excluding carboxylic acids is 1. The highest BCUT2D eigenvalue weighted by molar-refractivity contribution is 6.31. The molecule has 0 radical (unpaired) electrons. The summed E-state index contributed by atoms with van der Waals surface area (Å²) < 4.78 is 5.92. The van der Waals surface area contributed by atoms with E-state index < -0.39 is 0 Å². The third-order valence-corrected chi connectivity index (χ3v) is 5.20. The summed E-state index contributed by atoms with van der Waals surface area (Å²) in [4.78, 5) is 14.0. The van der Waals surface area contributed by atoms with E-state index in [0.29, 0.717) is 11.4 Å². The molecule has 4 nitrogen and oxygen atoms in total. The number of benzene rings is 1. The average Bonchev–Trinajstić information content (AvgIpc) is 2.96. The van der Waals surface area contributed by atoms with E-state index in [4.69, 9.17) is 16.0 Å². The number of furan rings is 1. The molecule has 0 spiro atoms. The molecule has 1 N–H and O–H groups in total. The molecule has 2 aromatic rings. The van der Waals surface area contributed by atoms with E-state index in [9.17, 15) is 4.79 Å². The number of hydrogen-bond acceptors (Lipinski definition) is 4. The summed E-state index contributed by atoms with van der Waals surface area (Å²) in [6.07, 6.45) is 4.37. The normalized spacial score (nSPS) is 13.1. The minimum absolute atomic E-state index is 0.113. The lowest BCUT2D eigenvalue weighted by Gasteiger charge is -2.26. The summed E-state index contributed by atoms with van der Waals surface area (Å²) in [6, 6.07) is 5.93. The Balaban J connectivity index is 2.23. The molecule has 0 aliphatic rings. The fourth-order valence-corrected chi connectivity index (χ4v) is 4.03. The summed E-state index contributed by atoms with van der Waals surface area (Å²) in [6.45, 7) is 7.32. The molecule has 0 atom stereocenters. The van der Waals surface area contributed by atoms with Gasteiger partial charge in [-0.25, -0.2) is 0 Å². The van der Waals surface area contributed by atoms with E-state index in [1.165, 1.54) is 0 Å². The van der Waals surface area contributed by atoms with Gasteiger partial charge in [0.1, 0.15) is 17.6 Å². The van der Waals surface area contributed by atoms with Gasteiger partial charge in [-0.15, -0.1) is 0 Å². The van der Waals surface area contributed by atoms with Gasteiger partial charge in [-0.05, 0) is 82.4 Å². The minimum Gasteiger partial charge on any atom is -0.461 e. The number of nitrogens with one attached hydrogen (secondary N) is 1. The Hall–Kier alpha value is -1.78. The molecule has 1 aromatic heterocycles. The molecule has 5 heteroatoms. The van der Waals surface area contributed by atoms with Gasteiger partial charge < -0.3 is 14.6 Å². The second kappa shape index (κ2) is 9.62. The monoisotopic (exact) mass is 404 g/mol. The Morgan fingerprint density at radius 3 is 2.61 bits per heavy atom. The first kappa shape index (κ1) is 22.5. The van der Waals surface area contributed by atoms with Crippen molar-refractivity contribution in [1.82, 2.24) is 10.2 Å². The zero-order valence-corrected chi connectivity index (χ0v) is 18.7. The first-order chi connectivity index (χ1) is 13.1. The molecule has 154 valence electrons. The van der Waals surface area contributed by atoms with Gasteiger partial charge >= 0.3 is 0 Å². The minimum atomic E-state index is -0.113. The van der Waals surface area contributed by atoms with Crippen LogP contribution in [0.4, 0.5) is 0 Å². The van der Waals surface area contributed by atoms with Crippen LogP contribution in [0.1, 0.15) is 44.4 Å². The first-order valence-electron chi connectivity index (χ1n) is 9.83. The standard InChI is InChI=1S/C23H33ClN2O2/c1-16-10-17-11-20(24)12-18(22(17)28-16)13-23(2,3)14-19(15-27)21(25-4)8-7-9-26(5)6/h10-12,15,25H,7-9,13-14H2,1-6H3/b21-19-. The van der Waals surface area contributed by atoms with E-state index in [2.05, 4.69) is 38.2 Å². The Kier molecular flexibility index (Phi) is 7.73. The maximum absolute atomic E-state index is 11.9. The highest BCUT2D eigenvalue weighted by atomic mass is 35.5. The van der Waals surface area contributed by atoms with Crippen molar-refractivity contribution < 1.29 is 9.21 Å². The van der Waals surface area contributed by atoms with Crippen LogP contribution in [0.3, 0.4) is 0 Å². The van der Waals surface area contributed by atoms with Crippen molar-refractivity contribution >= 4 is 28.9 Å². The molecule has 1 heterocycles. The van der Waals surface area contributed by atoms with Gasteiger partial charge in [0.2, 0.25) is 0 Å². The van der Waals surface area contributed by atoms with Crippen LogP contribution < -0.4 is 5.32 Å². The van der Waals surface area contributed by atoms with Gasteiger partial charge in [0.25, 0.3) is 0 Å². The lowest BCUT2D eigenvalue weighted by molar-refractivity contribution is -0.105. The van der Waals surface area contributed by atoms with E-state index >= 15 is 0 Å². The summed E-state index contributed by atoms with van der Waals surface area (Å²) >= 11 is 6.33. The Labute approximate surface area is 173 Å². The van der Waals surface area contributed by atoms with Gasteiger partial charge in [0.15, 0.2) is 0 Å². The van der Waals surface area contributed by atoms with E-state index in [1.807, 2.05) is 32.2 Å². The van der Waals surface area contributed by atoms with Crippen LogP contribution in [-0.4, -0.2) is 38.9 Å². The number of aldehydes is 1. The van der Waals surface area contributed by atoms with E-state index in [-0.39, 0.29) is 5.41 Å². The Morgan fingerprint density at radius 2 is 2.00 bits per heavy atom. The van der Waals surface area contributed by atoms with Crippen molar-refractivity contribution in [2.45, 2.75) is 46.5 Å². The molecular formula is C23H33ClN2O2. The average molecular weight is 405 g/mol. The van der Waals surface area contributed by atoms with Crippen molar-refractivity contribution in [2.24, 2.45) is 5.41 Å². The first-order valence-corrected chi connectivity index (χ1v) is 10.2. The third-order valence-electron chi connectivity index (χ3n) is 4.98. The number of nitrogens with zero attached hydrogens (tertiary/aromatic N) is 1. The lowest BCUT2D eigenvalue weighted by atomic mass is 9.79. The molecule has 0 unspecified atom stereocenters. The summed E-state index contributed by atoms with van der Waals surface area (Å²) in [7, 11) is 6.02. The summed E-state index contributed by atoms with van der Waals surface area (Å²) in [5.41, 5.74) is 3.75. The van der Waals surface area contributed by atoms with Crippen LogP contribution in [0.15, 0.2) is 33.9 Å². The Morgan fingerprint density at radius 1 is 1.29 bits per heavy atom. The van der Waals surface area contributed by atoms with Crippen LogP contribution in [0.25, 0.3) is 11.0 Å². The van der Waals surface area contributed by atoms with Gasteiger partial charge in [0, 0.05) is 28.7 Å². The van der Waals surface area contributed by atoms with Gasteiger partial charge in [-0.2, -0.15) is 0 Å². The zero-order chi connectivity index (χ0) is 20.9. The second-order valence-corrected chi connectivity index (χ2v) is 9.07. The summed E-state index contributed by atoms with van der Waals surface area (Å²) in [5, 5.41) is 4.99. The van der Waals surface area contributed by atoms with Crippen molar-refractivity contribution in [3.05, 3.63) is 45.8 Å². The fourth-order valence-electron chi connectivity index (χ4n) is 3.78. The molecule has 0 aliphatic heterocycles. The highest BCUT2D eigenvalue weighted by Gasteiger charge is 2.24. The van der Waals surface area contributed by atoms with Gasteiger partial charge in [-0.1, -0.05) is 25.4 Å². The smallest absolute Gasteiger partial charge is 0.147 e. The van der Waals surface area contributed by atoms with Crippen molar-refractivity contribution in [3.8, 4) is 0 Å². The predicted molar refractivity (Wildman–Crippen MR) is 118 cm³/mol. The predicted octanol–water partition coefficient (Wildman–Crippen LogP) is 5.37. The SMILES string of the molecule is CN/C(CCCN(C)C)=C(\C=O)CC(C)(C)Cc1cc(Cl)cc2cc(C)oc12. The van der Waals surface area contributed by atoms with Gasteiger partial charge in [0.05, 0.1) is 0 Å². The van der Waals surface area contributed by atoms with Gasteiger partial charge in [-0.3, -0.25) is 4.79 Å². The molecule has 0 aliphatic carbocycles. The third kappa shape index (κ3) is 6.11. The van der Waals surface area contributed by atoms with E-state index in [0.717, 1.165) is 65.7 Å². The van der Waals surface area contributed by atoms with Crippen molar-refractivity contribution in [2.75, 3.05) is 27.7 Å². The molecule has 28 heavy (non-hydrogen) atoms. The zero-order valence-electron chi connectivity index (χ0n) is 18.0. The lowest BCUT2D eigenvalue weighted by Crippen LogP contribution is -2.21. The maximum Gasteiger partial charge on any atom is 0.147 e. The number of carbonyl (C=O) groups is 1. The second-order valence-electron chi connectivity index (χ2n) is 8.64. The molecule has 0 saturated carbocycles. The molecular weight excluding hydrogens is 372 g/mol. The number of hydrogen-bond donors (Lipinski definition) is 1. The quantitative estimate of drug-likeness (QED) is 0.427. The fraction of sp³-hybridized carbons (Fsp3) is 0.522. The van der Waals surface area contributed by atoms with E-state index in [1.54, 1.807) is 0 Å². The molecule has 0 saturated heterocycles. The highest BCUT2D eigenvalue weighted by Crippen LogP contribution is 2.35. The van der Waals surface area contributed by atoms with Crippen molar-refractivity contribution in [3.63, 3.8) is 0 Å². The Bertz CT molecular complexity index is 850. The molecule has 0 fully saturated rings. The molecule has 2 rings (SSSR count). The molecule has 0 amide bonds. The molecule has 1 aromatic carbocycles. The number of halogens is 1. The van der Waals surface area contributed by atoms with Crippen molar-refractivity contribution in [1.29, 1.82) is 0 Å². The number of fused-ring (bicyclic) bond motifs is 1. The summed E-state index contributed by atoms with van der Waals surface area (Å²) in [5.74, 6) is 0.878. The number of allylic oxidation sites excluding steroid dienone is 2. The van der Waals surface area contributed by atoms with Crippen LogP contribution in [0.5, 0.6) is 0 Å². The van der Waals surface area contributed by atoms with Crippen LogP contribution >= 0.6 is 11.6 Å².